The van der Waals surface area contributed by atoms with Crippen LogP contribution in [0.4, 0.5) is 5.13 Å². The van der Waals surface area contributed by atoms with Crippen LogP contribution in [0.5, 0.6) is 0 Å². The summed E-state index contributed by atoms with van der Waals surface area (Å²) >= 11 is 1.40. The molecule has 3 rings (SSSR count). The van der Waals surface area contributed by atoms with E-state index in [9.17, 15) is 9.59 Å². The normalized spacial score (nSPS) is 12.0. The molecule has 3 aromatic rings. The first-order valence-corrected chi connectivity index (χ1v) is 7.95. The summed E-state index contributed by atoms with van der Waals surface area (Å²) in [4.78, 5) is 28.3. The molecule has 0 saturated carbocycles. The first-order valence-electron chi connectivity index (χ1n) is 7.13. The van der Waals surface area contributed by atoms with Crippen LogP contribution in [0.15, 0.2) is 54.6 Å². The number of nitrogens with zero attached hydrogens (tertiary/aromatic N) is 1. The Morgan fingerprint density at radius 1 is 1.09 bits per heavy atom. The highest BCUT2D eigenvalue weighted by Crippen LogP contribution is 2.27. The molecule has 1 aromatic heterocycles. The van der Waals surface area contributed by atoms with Crippen molar-refractivity contribution in [3.63, 3.8) is 0 Å². The van der Waals surface area contributed by atoms with Crippen LogP contribution in [0.2, 0.25) is 0 Å². The molecule has 3 N–H and O–H groups in total. The van der Waals surface area contributed by atoms with Gasteiger partial charge >= 0.3 is 0 Å². The highest BCUT2D eigenvalue weighted by molar-refractivity contribution is 7.22. The zero-order valence-electron chi connectivity index (χ0n) is 12.2. The molecule has 0 bridgehead atoms. The maximum Gasteiger partial charge on any atom is 0.234 e. The van der Waals surface area contributed by atoms with Gasteiger partial charge in [0, 0.05) is 6.42 Å². The van der Waals surface area contributed by atoms with Crippen molar-refractivity contribution in [1.82, 2.24) is 4.98 Å². The largest absolute Gasteiger partial charge is 0.370 e. The van der Waals surface area contributed by atoms with E-state index in [0.29, 0.717) is 5.13 Å². The number of rotatable bonds is 5. The third kappa shape index (κ3) is 3.54. The van der Waals surface area contributed by atoms with Gasteiger partial charge in [-0.15, -0.1) is 0 Å². The van der Waals surface area contributed by atoms with Gasteiger partial charge in [-0.25, -0.2) is 4.98 Å². The number of primary amides is 1. The van der Waals surface area contributed by atoms with Crippen molar-refractivity contribution in [2.45, 2.75) is 12.3 Å². The summed E-state index contributed by atoms with van der Waals surface area (Å²) in [6.07, 6.45) is -0.0409. The number of aromatic nitrogens is 1. The van der Waals surface area contributed by atoms with Crippen LogP contribution in [0, 0.1) is 0 Å². The Labute approximate surface area is 137 Å². The van der Waals surface area contributed by atoms with Gasteiger partial charge in [-0.2, -0.15) is 0 Å². The molecular formula is C17H15N3O2S. The van der Waals surface area contributed by atoms with Crippen LogP contribution in [0.1, 0.15) is 17.9 Å². The second-order valence-electron chi connectivity index (χ2n) is 5.11. The van der Waals surface area contributed by atoms with Crippen LogP contribution in [-0.4, -0.2) is 16.8 Å². The lowest BCUT2D eigenvalue weighted by molar-refractivity contribution is -0.123. The number of hydrogen-bond donors (Lipinski definition) is 2. The summed E-state index contributed by atoms with van der Waals surface area (Å²) < 4.78 is 0.994. The Bertz CT molecular complexity index is 812. The number of carbonyl (C=O) groups is 2. The van der Waals surface area contributed by atoms with E-state index in [0.717, 1.165) is 15.8 Å². The summed E-state index contributed by atoms with van der Waals surface area (Å²) in [6, 6.07) is 16.8. The van der Waals surface area contributed by atoms with Gasteiger partial charge in [-0.05, 0) is 17.7 Å². The van der Waals surface area contributed by atoms with Gasteiger partial charge < -0.3 is 11.1 Å². The summed E-state index contributed by atoms with van der Waals surface area (Å²) in [5.74, 6) is -1.42. The van der Waals surface area contributed by atoms with E-state index in [4.69, 9.17) is 5.73 Å². The zero-order valence-corrected chi connectivity index (χ0v) is 13.0. The Morgan fingerprint density at radius 3 is 2.48 bits per heavy atom. The number of fused-ring (bicyclic) bond motifs is 1. The molecule has 1 heterocycles. The lowest BCUT2D eigenvalue weighted by atomic mass is 9.94. The van der Waals surface area contributed by atoms with Crippen molar-refractivity contribution < 1.29 is 9.59 Å². The fourth-order valence-corrected chi connectivity index (χ4v) is 3.24. The maximum absolute atomic E-state index is 12.6. The predicted octanol–water partition coefficient (Wildman–Crippen LogP) is 2.89. The number of anilines is 1. The van der Waals surface area contributed by atoms with Gasteiger partial charge in [0.1, 0.15) is 0 Å². The van der Waals surface area contributed by atoms with E-state index in [1.807, 2.05) is 54.6 Å². The third-order valence-corrected chi connectivity index (χ3v) is 4.40. The minimum absolute atomic E-state index is 0.0409. The summed E-state index contributed by atoms with van der Waals surface area (Å²) in [5.41, 5.74) is 6.88. The Morgan fingerprint density at radius 2 is 1.78 bits per heavy atom. The predicted molar refractivity (Wildman–Crippen MR) is 91.2 cm³/mol. The molecule has 0 radical (unpaired) electrons. The number of carbonyl (C=O) groups excluding carboxylic acids is 2. The van der Waals surface area contributed by atoms with Crippen molar-refractivity contribution in [3.8, 4) is 0 Å². The van der Waals surface area contributed by atoms with Crippen LogP contribution < -0.4 is 11.1 Å². The van der Waals surface area contributed by atoms with Gasteiger partial charge in [-0.3, -0.25) is 9.59 Å². The maximum atomic E-state index is 12.6. The fraction of sp³-hybridized carbons (Fsp3) is 0.118. The van der Waals surface area contributed by atoms with Crippen LogP contribution in [0.25, 0.3) is 10.2 Å². The van der Waals surface area contributed by atoms with Crippen LogP contribution in [0.3, 0.4) is 0 Å². The van der Waals surface area contributed by atoms with Crippen molar-refractivity contribution in [3.05, 3.63) is 60.2 Å². The molecule has 5 nitrogen and oxygen atoms in total. The van der Waals surface area contributed by atoms with Crippen molar-refractivity contribution in [2.24, 2.45) is 5.73 Å². The highest BCUT2D eigenvalue weighted by Gasteiger charge is 2.23. The Hall–Kier alpha value is -2.73. The first-order chi connectivity index (χ1) is 11.1. The molecule has 0 saturated heterocycles. The number of benzene rings is 2. The summed E-state index contributed by atoms with van der Waals surface area (Å²) in [7, 11) is 0. The lowest BCUT2D eigenvalue weighted by Gasteiger charge is -2.14. The molecule has 23 heavy (non-hydrogen) atoms. The molecule has 2 aromatic carbocycles. The highest BCUT2D eigenvalue weighted by atomic mass is 32.1. The molecule has 6 heteroatoms. The molecule has 0 aliphatic carbocycles. The minimum Gasteiger partial charge on any atom is -0.370 e. The van der Waals surface area contributed by atoms with E-state index >= 15 is 0 Å². The summed E-state index contributed by atoms with van der Waals surface area (Å²) in [6.45, 7) is 0. The molecule has 0 aliphatic rings. The monoisotopic (exact) mass is 325 g/mol. The van der Waals surface area contributed by atoms with Gasteiger partial charge in [0.2, 0.25) is 11.8 Å². The quantitative estimate of drug-likeness (QED) is 0.756. The second kappa shape index (κ2) is 6.58. The van der Waals surface area contributed by atoms with Crippen LogP contribution >= 0.6 is 11.3 Å². The van der Waals surface area contributed by atoms with Gasteiger partial charge in [0.25, 0.3) is 0 Å². The van der Waals surface area contributed by atoms with E-state index in [2.05, 4.69) is 10.3 Å². The Balaban J connectivity index is 1.84. The number of para-hydroxylation sites is 1. The molecule has 2 amide bonds. The number of amides is 2. The molecule has 116 valence electrons. The molecule has 0 aliphatic heterocycles. The zero-order chi connectivity index (χ0) is 16.2. The van der Waals surface area contributed by atoms with E-state index in [1.54, 1.807) is 0 Å². The smallest absolute Gasteiger partial charge is 0.234 e. The van der Waals surface area contributed by atoms with Crippen molar-refractivity contribution >= 4 is 38.5 Å². The van der Waals surface area contributed by atoms with Gasteiger partial charge in [-0.1, -0.05) is 53.8 Å². The molecular weight excluding hydrogens is 310 g/mol. The van der Waals surface area contributed by atoms with Gasteiger partial charge in [0.05, 0.1) is 16.1 Å². The summed E-state index contributed by atoms with van der Waals surface area (Å²) in [5, 5.41) is 3.31. The fourth-order valence-electron chi connectivity index (χ4n) is 2.37. The van der Waals surface area contributed by atoms with Crippen LogP contribution in [-0.2, 0) is 9.59 Å². The average molecular weight is 325 g/mol. The SMILES string of the molecule is NC(=O)CC(C(=O)Nc1nc2ccccc2s1)c1ccccc1. The lowest BCUT2D eigenvalue weighted by Crippen LogP contribution is -2.26. The molecule has 1 atom stereocenters. The van der Waals surface area contributed by atoms with E-state index in [-0.39, 0.29) is 12.3 Å². The van der Waals surface area contributed by atoms with Gasteiger partial charge in [0.15, 0.2) is 5.13 Å². The van der Waals surface area contributed by atoms with E-state index < -0.39 is 11.8 Å². The topological polar surface area (TPSA) is 85.1 Å². The number of nitrogens with two attached hydrogens (primary N) is 1. The number of nitrogens with one attached hydrogen (secondary N) is 1. The third-order valence-electron chi connectivity index (χ3n) is 3.45. The van der Waals surface area contributed by atoms with Crippen molar-refractivity contribution in [1.29, 1.82) is 0 Å². The number of hydrogen-bond acceptors (Lipinski definition) is 4. The minimum atomic E-state index is -0.624. The van der Waals surface area contributed by atoms with Crippen molar-refractivity contribution in [2.75, 3.05) is 5.32 Å². The first kappa shape index (κ1) is 15.2. The number of thiazole rings is 1. The molecule has 0 spiro atoms. The molecule has 0 fully saturated rings. The average Bonchev–Trinajstić information content (AvgIpc) is 2.95. The second-order valence-corrected chi connectivity index (χ2v) is 6.14. The Kier molecular flexibility index (Phi) is 4.34. The van der Waals surface area contributed by atoms with E-state index in [1.165, 1.54) is 11.3 Å². The molecule has 1 unspecified atom stereocenters. The standard InChI is InChI=1S/C17H15N3O2S/c18-15(21)10-12(11-6-2-1-3-7-11)16(22)20-17-19-13-8-4-5-9-14(13)23-17/h1-9,12H,10H2,(H2,18,21)(H,19,20,22).